The third-order valence-electron chi connectivity index (χ3n) is 4.31. The largest absolute Gasteiger partial charge is 0.416 e. The number of anilines is 1. The predicted molar refractivity (Wildman–Crippen MR) is 87.1 cm³/mol. The minimum atomic E-state index is -4.49. The zero-order valence-corrected chi connectivity index (χ0v) is 13.7. The van der Waals surface area contributed by atoms with Crippen LogP contribution in [0.3, 0.4) is 0 Å². The van der Waals surface area contributed by atoms with Crippen molar-refractivity contribution in [3.05, 3.63) is 65.5 Å². The SMILES string of the molecule is O=C1C(c2cccc(F)c2)C(CCl)CN1c1cccc(C(F)(F)F)c1. The van der Waals surface area contributed by atoms with Crippen LogP contribution in [0.2, 0.25) is 0 Å². The van der Waals surface area contributed by atoms with Gasteiger partial charge in [0.1, 0.15) is 5.82 Å². The minimum absolute atomic E-state index is 0.141. The van der Waals surface area contributed by atoms with E-state index in [0.29, 0.717) is 5.56 Å². The highest BCUT2D eigenvalue weighted by Crippen LogP contribution is 2.39. The Labute approximate surface area is 147 Å². The number of carbonyl (C=O) groups is 1. The monoisotopic (exact) mass is 371 g/mol. The molecule has 2 aromatic rings. The number of carbonyl (C=O) groups excluding carboxylic acids is 1. The summed E-state index contributed by atoms with van der Waals surface area (Å²) < 4.78 is 52.2. The van der Waals surface area contributed by atoms with Gasteiger partial charge in [0.05, 0.1) is 11.5 Å². The Balaban J connectivity index is 1.96. The van der Waals surface area contributed by atoms with Gasteiger partial charge in [-0.2, -0.15) is 13.2 Å². The molecule has 0 saturated carbocycles. The van der Waals surface area contributed by atoms with Crippen LogP contribution in [-0.2, 0) is 11.0 Å². The lowest BCUT2D eigenvalue weighted by atomic mass is 9.89. The van der Waals surface area contributed by atoms with Crippen molar-refractivity contribution in [1.82, 2.24) is 0 Å². The first-order valence-corrected chi connectivity index (χ1v) is 8.15. The molecular formula is C18H14ClF4NO. The normalized spacial score (nSPS) is 21.0. The summed E-state index contributed by atoms with van der Waals surface area (Å²) in [5, 5.41) is 0. The fraction of sp³-hybridized carbons (Fsp3) is 0.278. The molecule has 0 aromatic heterocycles. The molecule has 2 atom stereocenters. The number of benzene rings is 2. The lowest BCUT2D eigenvalue weighted by molar-refractivity contribution is -0.137. The number of alkyl halides is 4. The third kappa shape index (κ3) is 3.49. The van der Waals surface area contributed by atoms with E-state index in [2.05, 4.69) is 0 Å². The van der Waals surface area contributed by atoms with E-state index in [-0.39, 0.29) is 29.9 Å². The molecule has 2 nitrogen and oxygen atoms in total. The van der Waals surface area contributed by atoms with Crippen LogP contribution < -0.4 is 4.90 Å². The summed E-state index contributed by atoms with van der Waals surface area (Å²) in [6, 6.07) is 10.3. The van der Waals surface area contributed by atoms with Gasteiger partial charge in [-0.15, -0.1) is 11.6 Å². The van der Waals surface area contributed by atoms with Gasteiger partial charge in [-0.25, -0.2) is 4.39 Å². The number of hydrogen-bond donors (Lipinski definition) is 0. The average molecular weight is 372 g/mol. The molecule has 0 bridgehead atoms. The fourth-order valence-electron chi connectivity index (χ4n) is 3.13. The van der Waals surface area contributed by atoms with Crippen LogP contribution in [0.25, 0.3) is 0 Å². The van der Waals surface area contributed by atoms with Gasteiger partial charge in [0, 0.05) is 24.0 Å². The number of nitrogens with zero attached hydrogens (tertiary/aromatic N) is 1. The summed E-state index contributed by atoms with van der Waals surface area (Å²) in [6.07, 6.45) is -4.49. The van der Waals surface area contributed by atoms with Crippen molar-refractivity contribution in [1.29, 1.82) is 0 Å². The molecule has 132 valence electrons. The van der Waals surface area contributed by atoms with E-state index in [0.717, 1.165) is 12.1 Å². The van der Waals surface area contributed by atoms with Crippen molar-refractivity contribution in [2.24, 2.45) is 5.92 Å². The number of halogens is 5. The summed E-state index contributed by atoms with van der Waals surface area (Å²) in [5.74, 6) is -1.71. The van der Waals surface area contributed by atoms with Gasteiger partial charge in [0.25, 0.3) is 0 Å². The van der Waals surface area contributed by atoms with Gasteiger partial charge in [0.15, 0.2) is 0 Å². The molecular weight excluding hydrogens is 358 g/mol. The van der Waals surface area contributed by atoms with Crippen LogP contribution in [0.15, 0.2) is 48.5 Å². The van der Waals surface area contributed by atoms with Crippen LogP contribution in [0.4, 0.5) is 23.2 Å². The Hall–Kier alpha value is -2.08. The second-order valence-corrected chi connectivity index (χ2v) is 6.25. The van der Waals surface area contributed by atoms with E-state index in [1.54, 1.807) is 6.07 Å². The molecule has 1 fully saturated rings. The first-order chi connectivity index (χ1) is 11.8. The van der Waals surface area contributed by atoms with Crippen LogP contribution in [-0.4, -0.2) is 18.3 Å². The lowest BCUT2D eigenvalue weighted by Crippen LogP contribution is -2.26. The molecule has 25 heavy (non-hydrogen) atoms. The smallest absolute Gasteiger partial charge is 0.312 e. The second kappa shape index (κ2) is 6.67. The Bertz CT molecular complexity index is 793. The molecule has 0 aliphatic carbocycles. The summed E-state index contributed by atoms with van der Waals surface area (Å²) in [5.41, 5.74) is -0.187. The highest BCUT2D eigenvalue weighted by Gasteiger charge is 2.42. The van der Waals surface area contributed by atoms with Gasteiger partial charge >= 0.3 is 6.18 Å². The van der Waals surface area contributed by atoms with Crippen molar-refractivity contribution in [2.45, 2.75) is 12.1 Å². The average Bonchev–Trinajstić information content (AvgIpc) is 2.91. The van der Waals surface area contributed by atoms with E-state index in [1.807, 2.05) is 0 Å². The van der Waals surface area contributed by atoms with Crippen molar-refractivity contribution in [3.63, 3.8) is 0 Å². The maximum atomic E-state index is 13.5. The van der Waals surface area contributed by atoms with E-state index < -0.39 is 23.5 Å². The van der Waals surface area contributed by atoms with Gasteiger partial charge in [-0.3, -0.25) is 4.79 Å². The maximum absolute atomic E-state index is 13.5. The fourth-order valence-corrected chi connectivity index (χ4v) is 3.41. The van der Waals surface area contributed by atoms with Crippen molar-refractivity contribution in [2.75, 3.05) is 17.3 Å². The maximum Gasteiger partial charge on any atom is 0.416 e. The third-order valence-corrected chi connectivity index (χ3v) is 4.71. The van der Waals surface area contributed by atoms with E-state index >= 15 is 0 Å². The van der Waals surface area contributed by atoms with Crippen LogP contribution in [0.5, 0.6) is 0 Å². The van der Waals surface area contributed by atoms with Gasteiger partial charge < -0.3 is 4.90 Å². The number of hydrogen-bond acceptors (Lipinski definition) is 1. The lowest BCUT2D eigenvalue weighted by Gasteiger charge is -2.18. The molecule has 7 heteroatoms. The number of amides is 1. The molecule has 1 aliphatic rings. The summed E-state index contributed by atoms with van der Waals surface area (Å²) in [4.78, 5) is 14.1. The Morgan fingerprint density at radius 2 is 1.84 bits per heavy atom. The first-order valence-electron chi connectivity index (χ1n) is 7.61. The molecule has 2 aromatic carbocycles. The van der Waals surface area contributed by atoms with Gasteiger partial charge in [-0.1, -0.05) is 18.2 Å². The molecule has 0 radical (unpaired) electrons. The minimum Gasteiger partial charge on any atom is -0.312 e. The van der Waals surface area contributed by atoms with Gasteiger partial charge in [-0.05, 0) is 35.9 Å². The summed E-state index contributed by atoms with van der Waals surface area (Å²) in [7, 11) is 0. The molecule has 1 heterocycles. The second-order valence-electron chi connectivity index (χ2n) is 5.94. The summed E-state index contributed by atoms with van der Waals surface area (Å²) in [6.45, 7) is 0.185. The van der Waals surface area contributed by atoms with E-state index in [4.69, 9.17) is 11.6 Å². The molecule has 1 amide bonds. The Morgan fingerprint density at radius 1 is 1.12 bits per heavy atom. The topological polar surface area (TPSA) is 20.3 Å². The highest BCUT2D eigenvalue weighted by atomic mass is 35.5. The Morgan fingerprint density at radius 3 is 2.48 bits per heavy atom. The zero-order chi connectivity index (χ0) is 18.2. The van der Waals surface area contributed by atoms with Gasteiger partial charge in [0.2, 0.25) is 5.91 Å². The predicted octanol–water partition coefficient (Wildman–Crippen LogP) is 4.83. The highest BCUT2D eigenvalue weighted by molar-refractivity contribution is 6.18. The molecule has 3 rings (SSSR count). The first kappa shape index (κ1) is 17.7. The summed E-state index contributed by atoms with van der Waals surface area (Å²) >= 11 is 5.96. The number of rotatable bonds is 3. The standard InChI is InChI=1S/C18H14ClF4NO/c19-9-12-10-24(15-6-2-4-13(8-15)18(21,22)23)17(25)16(12)11-3-1-5-14(20)7-11/h1-8,12,16H,9-10H2. The molecule has 1 saturated heterocycles. The van der Waals surface area contributed by atoms with Crippen LogP contribution in [0, 0.1) is 11.7 Å². The van der Waals surface area contributed by atoms with Crippen molar-refractivity contribution < 1.29 is 22.4 Å². The van der Waals surface area contributed by atoms with Crippen molar-refractivity contribution >= 4 is 23.2 Å². The van der Waals surface area contributed by atoms with Crippen molar-refractivity contribution in [3.8, 4) is 0 Å². The molecule has 1 aliphatic heterocycles. The zero-order valence-electron chi connectivity index (χ0n) is 12.9. The van der Waals surface area contributed by atoms with E-state index in [9.17, 15) is 22.4 Å². The quantitative estimate of drug-likeness (QED) is 0.559. The molecule has 0 N–H and O–H groups in total. The van der Waals surface area contributed by atoms with E-state index in [1.165, 1.54) is 35.2 Å². The molecule has 2 unspecified atom stereocenters. The van der Waals surface area contributed by atoms with Crippen LogP contribution >= 0.6 is 11.6 Å². The Kier molecular flexibility index (Phi) is 4.73. The van der Waals surface area contributed by atoms with Crippen LogP contribution in [0.1, 0.15) is 17.0 Å². The molecule has 0 spiro atoms.